The molecule has 1 amide bonds. The maximum Gasteiger partial charge on any atom is 0.344 e. The van der Waals surface area contributed by atoms with Gasteiger partial charge >= 0.3 is 5.97 Å². The zero-order chi connectivity index (χ0) is 24.0. The number of ether oxygens (including phenoxy) is 2. The fraction of sp³-hybridized carbons (Fsp3) is 0.417. The van der Waals surface area contributed by atoms with Crippen molar-refractivity contribution in [3.8, 4) is 5.75 Å². The third-order valence-corrected chi connectivity index (χ3v) is 7.55. The summed E-state index contributed by atoms with van der Waals surface area (Å²) >= 11 is 0. The second kappa shape index (κ2) is 10.8. The highest BCUT2D eigenvalue weighted by molar-refractivity contribution is 7.89. The van der Waals surface area contributed by atoms with Crippen molar-refractivity contribution in [3.05, 3.63) is 53.1 Å². The summed E-state index contributed by atoms with van der Waals surface area (Å²) in [6, 6.07) is 10.4. The molecule has 8 nitrogen and oxygen atoms in total. The highest BCUT2D eigenvalue weighted by Crippen LogP contribution is 2.26. The van der Waals surface area contributed by atoms with E-state index in [9.17, 15) is 18.0 Å². The van der Waals surface area contributed by atoms with Crippen molar-refractivity contribution in [1.82, 2.24) is 4.31 Å². The molecule has 0 unspecified atom stereocenters. The van der Waals surface area contributed by atoms with Gasteiger partial charge in [0.25, 0.3) is 5.91 Å². The summed E-state index contributed by atoms with van der Waals surface area (Å²) in [5.74, 6) is -0.633. The zero-order valence-electron chi connectivity index (χ0n) is 19.2. The summed E-state index contributed by atoms with van der Waals surface area (Å²) in [7, 11) is -3.64. The maximum atomic E-state index is 13.0. The van der Waals surface area contributed by atoms with Crippen LogP contribution in [0.25, 0.3) is 0 Å². The third kappa shape index (κ3) is 6.33. The quantitative estimate of drug-likeness (QED) is 0.589. The van der Waals surface area contributed by atoms with E-state index in [-0.39, 0.29) is 11.5 Å². The van der Waals surface area contributed by atoms with E-state index in [0.29, 0.717) is 30.1 Å². The summed E-state index contributed by atoms with van der Waals surface area (Å²) < 4.78 is 38.1. The van der Waals surface area contributed by atoms with Gasteiger partial charge in [-0.2, -0.15) is 4.31 Å². The number of carbonyl (C=O) groups excluding carboxylic acids is 2. The Labute approximate surface area is 194 Å². The van der Waals surface area contributed by atoms with Crippen LogP contribution in [-0.2, 0) is 24.3 Å². The second-order valence-electron chi connectivity index (χ2n) is 8.16. The van der Waals surface area contributed by atoms with E-state index >= 15 is 0 Å². The van der Waals surface area contributed by atoms with E-state index < -0.39 is 28.5 Å². The fourth-order valence-corrected chi connectivity index (χ4v) is 5.51. The number of para-hydroxylation sites is 1. The Kier molecular flexibility index (Phi) is 8.10. The van der Waals surface area contributed by atoms with E-state index in [1.165, 1.54) is 10.4 Å². The molecule has 1 saturated heterocycles. The molecule has 2 aromatic carbocycles. The van der Waals surface area contributed by atoms with Crippen LogP contribution in [0.15, 0.2) is 41.3 Å². The Morgan fingerprint density at radius 1 is 0.939 bits per heavy atom. The highest BCUT2D eigenvalue weighted by Gasteiger charge is 2.27. The lowest BCUT2D eigenvalue weighted by molar-refractivity contribution is -0.149. The summed E-state index contributed by atoms with van der Waals surface area (Å²) in [6.07, 6.45) is 2.70. The van der Waals surface area contributed by atoms with Crippen LogP contribution in [0.3, 0.4) is 0 Å². The van der Waals surface area contributed by atoms with Gasteiger partial charge in [0.2, 0.25) is 10.0 Å². The number of carbonyl (C=O) groups is 2. The van der Waals surface area contributed by atoms with Gasteiger partial charge in [0.1, 0.15) is 5.75 Å². The first kappa shape index (κ1) is 24.7. The Balaban J connectivity index is 1.56. The van der Waals surface area contributed by atoms with Crippen LogP contribution < -0.4 is 10.1 Å². The van der Waals surface area contributed by atoms with Crippen LogP contribution in [0.1, 0.15) is 36.0 Å². The number of hydrogen-bond donors (Lipinski definition) is 1. The fourth-order valence-electron chi connectivity index (χ4n) is 3.74. The average Bonchev–Trinajstić information content (AvgIpc) is 2.79. The number of rotatable bonds is 8. The minimum absolute atomic E-state index is 0.168. The first-order valence-corrected chi connectivity index (χ1v) is 12.4. The molecule has 0 aromatic heterocycles. The number of anilines is 1. The second-order valence-corrected chi connectivity index (χ2v) is 10.1. The van der Waals surface area contributed by atoms with Gasteiger partial charge in [-0.25, -0.2) is 13.2 Å². The molecular weight excluding hydrogens is 444 g/mol. The van der Waals surface area contributed by atoms with E-state index in [2.05, 4.69) is 5.32 Å². The molecule has 9 heteroatoms. The van der Waals surface area contributed by atoms with Crippen molar-refractivity contribution in [2.24, 2.45) is 0 Å². The van der Waals surface area contributed by atoms with Gasteiger partial charge in [0.05, 0.1) is 4.90 Å². The smallest absolute Gasteiger partial charge is 0.344 e. The van der Waals surface area contributed by atoms with Crippen molar-refractivity contribution in [2.45, 2.75) is 44.9 Å². The number of piperidine rings is 1. The molecule has 1 aliphatic heterocycles. The van der Waals surface area contributed by atoms with E-state index in [1.54, 1.807) is 19.1 Å². The first-order chi connectivity index (χ1) is 15.7. The summed E-state index contributed by atoms with van der Waals surface area (Å²) in [5.41, 5.74) is 2.73. The normalized spacial score (nSPS) is 14.5. The van der Waals surface area contributed by atoms with E-state index in [4.69, 9.17) is 9.47 Å². The van der Waals surface area contributed by atoms with Gasteiger partial charge in [-0.05, 0) is 62.4 Å². The Morgan fingerprint density at radius 3 is 2.27 bits per heavy atom. The maximum absolute atomic E-state index is 13.0. The van der Waals surface area contributed by atoms with Crippen LogP contribution >= 0.6 is 0 Å². The monoisotopic (exact) mass is 474 g/mol. The SMILES string of the molecule is Cc1ccc(NC(=O)COC(=O)COc2c(C)cccc2C)cc1S(=O)(=O)N1CCCCC1. The molecule has 1 aliphatic rings. The molecule has 0 atom stereocenters. The Hall–Kier alpha value is -2.91. The summed E-state index contributed by atoms with van der Waals surface area (Å²) in [5, 5.41) is 2.59. The van der Waals surface area contributed by atoms with Crippen molar-refractivity contribution >= 4 is 27.6 Å². The molecule has 1 fully saturated rings. The van der Waals surface area contributed by atoms with Gasteiger partial charge in [0, 0.05) is 18.8 Å². The number of nitrogens with one attached hydrogen (secondary N) is 1. The molecule has 0 radical (unpaired) electrons. The van der Waals surface area contributed by atoms with Crippen LogP contribution in [-0.4, -0.2) is 50.9 Å². The molecule has 0 bridgehead atoms. The van der Waals surface area contributed by atoms with Crippen molar-refractivity contribution < 1.29 is 27.5 Å². The third-order valence-electron chi connectivity index (χ3n) is 5.51. The van der Waals surface area contributed by atoms with Crippen LogP contribution in [0.5, 0.6) is 5.75 Å². The molecule has 0 aliphatic carbocycles. The zero-order valence-corrected chi connectivity index (χ0v) is 20.0. The number of hydrogen-bond acceptors (Lipinski definition) is 6. The number of amides is 1. The van der Waals surface area contributed by atoms with Gasteiger partial charge in [0.15, 0.2) is 13.2 Å². The summed E-state index contributed by atoms with van der Waals surface area (Å²) in [4.78, 5) is 24.4. The van der Waals surface area contributed by atoms with Crippen molar-refractivity contribution in [2.75, 3.05) is 31.6 Å². The predicted octanol–water partition coefficient (Wildman–Crippen LogP) is 3.35. The molecule has 0 spiro atoms. The number of aryl methyl sites for hydroxylation is 3. The van der Waals surface area contributed by atoms with E-state index in [0.717, 1.165) is 30.4 Å². The van der Waals surface area contributed by atoms with Gasteiger partial charge in [-0.15, -0.1) is 0 Å². The van der Waals surface area contributed by atoms with Crippen molar-refractivity contribution in [3.63, 3.8) is 0 Å². The first-order valence-electron chi connectivity index (χ1n) is 10.9. The van der Waals surface area contributed by atoms with Crippen LogP contribution in [0.2, 0.25) is 0 Å². The van der Waals surface area contributed by atoms with Gasteiger partial charge in [-0.3, -0.25) is 4.79 Å². The lowest BCUT2D eigenvalue weighted by Gasteiger charge is -2.26. The number of nitrogens with zero attached hydrogens (tertiary/aromatic N) is 1. The highest BCUT2D eigenvalue weighted by atomic mass is 32.2. The minimum atomic E-state index is -3.64. The number of sulfonamides is 1. The molecule has 33 heavy (non-hydrogen) atoms. The minimum Gasteiger partial charge on any atom is -0.481 e. The number of esters is 1. The lowest BCUT2D eigenvalue weighted by Crippen LogP contribution is -2.36. The summed E-state index contributed by atoms with van der Waals surface area (Å²) in [6.45, 7) is 5.65. The Morgan fingerprint density at radius 2 is 1.61 bits per heavy atom. The Bertz CT molecular complexity index is 1100. The van der Waals surface area contributed by atoms with Gasteiger partial charge in [-0.1, -0.05) is 30.7 Å². The van der Waals surface area contributed by atoms with Gasteiger partial charge < -0.3 is 14.8 Å². The molecule has 1 N–H and O–H groups in total. The number of benzene rings is 2. The molecule has 2 aromatic rings. The van der Waals surface area contributed by atoms with Crippen molar-refractivity contribution in [1.29, 1.82) is 0 Å². The standard InChI is InChI=1S/C24H30N2O6S/c1-17-10-11-20(14-21(17)33(29,30)26-12-5-4-6-13-26)25-22(27)15-31-23(28)16-32-24-18(2)8-7-9-19(24)3/h7-11,14H,4-6,12-13,15-16H2,1-3H3,(H,25,27). The molecule has 178 valence electrons. The molecule has 0 saturated carbocycles. The van der Waals surface area contributed by atoms with Crippen LogP contribution in [0, 0.1) is 20.8 Å². The largest absolute Gasteiger partial charge is 0.481 e. The molecular formula is C24H30N2O6S. The topological polar surface area (TPSA) is 102 Å². The predicted molar refractivity (Wildman–Crippen MR) is 125 cm³/mol. The molecule has 1 heterocycles. The average molecular weight is 475 g/mol. The van der Waals surface area contributed by atoms with Crippen LogP contribution in [0.4, 0.5) is 5.69 Å². The lowest BCUT2D eigenvalue weighted by atomic mass is 10.1. The van der Waals surface area contributed by atoms with E-state index in [1.807, 2.05) is 32.0 Å². The molecule has 3 rings (SSSR count).